The molecule has 0 fully saturated rings. The molecule has 0 N–H and O–H groups in total. The maximum atomic E-state index is 12.0. The van der Waals surface area contributed by atoms with Crippen molar-refractivity contribution in [3.63, 3.8) is 0 Å². The zero-order valence-electron chi connectivity index (χ0n) is 11.4. The van der Waals surface area contributed by atoms with E-state index in [1.807, 2.05) is 6.07 Å². The van der Waals surface area contributed by atoms with Crippen LogP contribution in [0.1, 0.15) is 18.9 Å². The van der Waals surface area contributed by atoms with Crippen LogP contribution in [-0.4, -0.2) is 33.8 Å². The van der Waals surface area contributed by atoms with Gasteiger partial charge in [-0.25, -0.2) is 8.42 Å². The topological polar surface area (TPSA) is 87.5 Å². The van der Waals surface area contributed by atoms with Crippen molar-refractivity contribution in [1.29, 1.82) is 5.26 Å². The minimum atomic E-state index is -3.60. The third-order valence-electron chi connectivity index (χ3n) is 2.65. The number of sulfonamides is 1. The Kier molecular flexibility index (Phi) is 5.53. The molecule has 0 spiro atoms. The van der Waals surface area contributed by atoms with Gasteiger partial charge < -0.3 is 4.74 Å². The molecule has 0 bridgehead atoms. The third-order valence-corrected chi connectivity index (χ3v) is 4.41. The summed E-state index contributed by atoms with van der Waals surface area (Å²) in [7, 11) is -2.19. The zero-order chi connectivity index (χ0) is 15.2. The number of anilines is 1. The van der Waals surface area contributed by atoms with Gasteiger partial charge in [0.25, 0.3) is 0 Å². The Bertz CT molecular complexity index is 602. The van der Waals surface area contributed by atoms with E-state index in [0.717, 1.165) is 4.31 Å². The van der Waals surface area contributed by atoms with Crippen molar-refractivity contribution in [3.05, 3.63) is 29.8 Å². The largest absolute Gasteiger partial charge is 0.466 e. The van der Waals surface area contributed by atoms with Gasteiger partial charge in [0.2, 0.25) is 10.0 Å². The third kappa shape index (κ3) is 4.24. The lowest BCUT2D eigenvalue weighted by Crippen LogP contribution is -2.30. The molecule has 0 saturated carbocycles. The molecule has 0 aromatic heterocycles. The van der Waals surface area contributed by atoms with Crippen molar-refractivity contribution in [1.82, 2.24) is 0 Å². The van der Waals surface area contributed by atoms with Gasteiger partial charge in [-0.2, -0.15) is 5.26 Å². The van der Waals surface area contributed by atoms with Gasteiger partial charge >= 0.3 is 5.97 Å². The predicted octanol–water partition coefficient (Wildman–Crippen LogP) is 1.28. The molecule has 1 rings (SSSR count). The number of hydrogen-bond acceptors (Lipinski definition) is 5. The van der Waals surface area contributed by atoms with Crippen LogP contribution in [0, 0.1) is 11.3 Å². The first-order chi connectivity index (χ1) is 9.40. The summed E-state index contributed by atoms with van der Waals surface area (Å²) >= 11 is 0. The van der Waals surface area contributed by atoms with Crippen LogP contribution in [0.2, 0.25) is 0 Å². The van der Waals surface area contributed by atoms with Crippen LogP contribution in [0.5, 0.6) is 0 Å². The molecular weight excluding hydrogens is 280 g/mol. The summed E-state index contributed by atoms with van der Waals surface area (Å²) in [6, 6.07) is 8.11. The summed E-state index contributed by atoms with van der Waals surface area (Å²) < 4.78 is 29.9. The van der Waals surface area contributed by atoms with Gasteiger partial charge in [0.05, 0.1) is 36.1 Å². The minimum absolute atomic E-state index is 0.184. The number of nitriles is 1. The second-order valence-corrected chi connectivity index (χ2v) is 6.12. The van der Waals surface area contributed by atoms with Crippen molar-refractivity contribution in [3.8, 4) is 6.07 Å². The summed E-state index contributed by atoms with van der Waals surface area (Å²) in [4.78, 5) is 11.2. The van der Waals surface area contributed by atoms with E-state index in [0.29, 0.717) is 11.3 Å². The van der Waals surface area contributed by atoms with Gasteiger partial charge in [-0.05, 0) is 31.2 Å². The standard InChI is InChI=1S/C13H16N2O4S/c1-3-19-13(16)8-9-20(17,18)15(2)12-6-4-11(10-14)5-7-12/h4-7H,3,8-9H2,1-2H3. The highest BCUT2D eigenvalue weighted by molar-refractivity contribution is 7.92. The number of carbonyl (C=O) groups excluding carboxylic acids is 1. The molecule has 20 heavy (non-hydrogen) atoms. The second kappa shape index (κ2) is 6.91. The Hall–Kier alpha value is -2.07. The highest BCUT2D eigenvalue weighted by Gasteiger charge is 2.20. The molecule has 0 radical (unpaired) electrons. The van der Waals surface area contributed by atoms with E-state index in [1.54, 1.807) is 19.1 Å². The van der Waals surface area contributed by atoms with Gasteiger partial charge in [-0.3, -0.25) is 9.10 Å². The van der Waals surface area contributed by atoms with Gasteiger partial charge in [0.15, 0.2) is 0 Å². The van der Waals surface area contributed by atoms with E-state index in [-0.39, 0.29) is 18.8 Å². The van der Waals surface area contributed by atoms with E-state index in [9.17, 15) is 13.2 Å². The first-order valence-corrected chi connectivity index (χ1v) is 7.64. The Morgan fingerprint density at radius 3 is 2.45 bits per heavy atom. The fourth-order valence-corrected chi connectivity index (χ4v) is 2.63. The van der Waals surface area contributed by atoms with Gasteiger partial charge in [-0.1, -0.05) is 0 Å². The molecule has 0 unspecified atom stereocenters. The minimum Gasteiger partial charge on any atom is -0.466 e. The predicted molar refractivity (Wildman–Crippen MR) is 74.6 cm³/mol. The number of benzene rings is 1. The average Bonchev–Trinajstić information content (AvgIpc) is 2.45. The molecule has 0 aliphatic carbocycles. The van der Waals surface area contributed by atoms with Gasteiger partial charge in [-0.15, -0.1) is 0 Å². The quantitative estimate of drug-likeness (QED) is 0.738. The molecule has 6 nitrogen and oxygen atoms in total. The van der Waals surface area contributed by atoms with Crippen LogP contribution in [-0.2, 0) is 19.6 Å². The maximum absolute atomic E-state index is 12.0. The summed E-state index contributed by atoms with van der Waals surface area (Å²) in [5, 5.41) is 8.69. The van der Waals surface area contributed by atoms with E-state index < -0.39 is 16.0 Å². The van der Waals surface area contributed by atoms with Gasteiger partial charge in [0.1, 0.15) is 0 Å². The SMILES string of the molecule is CCOC(=O)CCS(=O)(=O)N(C)c1ccc(C#N)cc1. The van der Waals surface area contributed by atoms with Crippen LogP contribution < -0.4 is 4.31 Å². The number of nitrogens with zero attached hydrogens (tertiary/aromatic N) is 2. The smallest absolute Gasteiger partial charge is 0.306 e. The normalized spacial score (nSPS) is 10.7. The Morgan fingerprint density at radius 2 is 1.95 bits per heavy atom. The Morgan fingerprint density at radius 1 is 1.35 bits per heavy atom. The number of carbonyl (C=O) groups is 1. The van der Waals surface area contributed by atoms with E-state index in [1.165, 1.54) is 19.2 Å². The van der Waals surface area contributed by atoms with Crippen LogP contribution >= 0.6 is 0 Å². The van der Waals surface area contributed by atoms with Gasteiger partial charge in [0, 0.05) is 7.05 Å². The van der Waals surface area contributed by atoms with E-state index >= 15 is 0 Å². The summed E-state index contributed by atoms with van der Waals surface area (Å²) in [6.07, 6.45) is -0.184. The number of hydrogen-bond donors (Lipinski definition) is 0. The van der Waals surface area contributed by atoms with E-state index in [4.69, 9.17) is 10.00 Å². The summed E-state index contributed by atoms with van der Waals surface area (Å²) in [6.45, 7) is 1.89. The number of esters is 1. The van der Waals surface area contributed by atoms with Crippen molar-refractivity contribution < 1.29 is 17.9 Å². The van der Waals surface area contributed by atoms with Crippen LogP contribution in [0.15, 0.2) is 24.3 Å². The maximum Gasteiger partial charge on any atom is 0.306 e. The molecule has 0 atom stereocenters. The number of rotatable bonds is 6. The van der Waals surface area contributed by atoms with Crippen molar-refractivity contribution >= 4 is 21.7 Å². The Labute approximate surface area is 118 Å². The second-order valence-electron chi connectivity index (χ2n) is 4.00. The Balaban J connectivity index is 2.75. The molecule has 0 amide bonds. The van der Waals surface area contributed by atoms with Crippen LogP contribution in [0.25, 0.3) is 0 Å². The monoisotopic (exact) mass is 296 g/mol. The molecule has 0 heterocycles. The first-order valence-electron chi connectivity index (χ1n) is 6.03. The molecule has 1 aromatic carbocycles. The summed E-state index contributed by atoms with van der Waals surface area (Å²) in [5.41, 5.74) is 0.888. The lowest BCUT2D eigenvalue weighted by atomic mass is 10.2. The molecule has 0 saturated heterocycles. The number of ether oxygens (including phenoxy) is 1. The molecule has 0 aliphatic rings. The molecule has 1 aromatic rings. The van der Waals surface area contributed by atoms with Crippen molar-refractivity contribution in [2.24, 2.45) is 0 Å². The lowest BCUT2D eigenvalue weighted by Gasteiger charge is -2.19. The average molecular weight is 296 g/mol. The van der Waals surface area contributed by atoms with Crippen LogP contribution in [0.3, 0.4) is 0 Å². The highest BCUT2D eigenvalue weighted by atomic mass is 32.2. The lowest BCUT2D eigenvalue weighted by molar-refractivity contribution is -0.142. The zero-order valence-corrected chi connectivity index (χ0v) is 12.2. The highest BCUT2D eigenvalue weighted by Crippen LogP contribution is 2.17. The van der Waals surface area contributed by atoms with E-state index in [2.05, 4.69) is 0 Å². The molecule has 7 heteroatoms. The molecular formula is C13H16N2O4S. The summed E-state index contributed by atoms with van der Waals surface area (Å²) in [5.74, 6) is -0.855. The van der Waals surface area contributed by atoms with Crippen molar-refractivity contribution in [2.45, 2.75) is 13.3 Å². The van der Waals surface area contributed by atoms with Crippen molar-refractivity contribution in [2.75, 3.05) is 23.7 Å². The van der Waals surface area contributed by atoms with Crippen LogP contribution in [0.4, 0.5) is 5.69 Å². The fraction of sp³-hybridized carbons (Fsp3) is 0.385. The molecule has 0 aliphatic heterocycles. The fourth-order valence-electron chi connectivity index (χ4n) is 1.49. The first kappa shape index (κ1) is 16.0. The molecule has 108 valence electrons.